The van der Waals surface area contributed by atoms with Gasteiger partial charge in [0.1, 0.15) is 0 Å². The average Bonchev–Trinajstić information content (AvgIpc) is 2.16. The molecule has 3 N–H and O–H groups in total. The number of nitrogens with two attached hydrogens (primary N) is 1. The van der Waals surface area contributed by atoms with Crippen LogP contribution in [-0.2, 0) is 11.2 Å². The molecular weight excluding hydrogens is 190 g/mol. The molecule has 76 valence electrons. The van der Waals surface area contributed by atoms with Crippen LogP contribution in [0.2, 0.25) is 0 Å². The highest BCUT2D eigenvalue weighted by Crippen LogP contribution is 2.21. The number of anilines is 1. The molecule has 0 spiro atoms. The molecule has 0 aliphatic rings. The first kappa shape index (κ1) is 9.52. The molecule has 2 rings (SSSR count). The van der Waals surface area contributed by atoms with Crippen LogP contribution >= 0.6 is 0 Å². The van der Waals surface area contributed by atoms with Crippen molar-refractivity contribution in [3.8, 4) is 0 Å². The molecule has 0 radical (unpaired) electrons. The maximum absolute atomic E-state index is 10.7. The minimum absolute atomic E-state index is 0.0429. The van der Waals surface area contributed by atoms with Crippen molar-refractivity contribution >= 4 is 22.4 Å². The SMILES string of the molecule is Nc1ccc2c(CC(=O)O)cccc2c1. The van der Waals surface area contributed by atoms with Gasteiger partial charge in [0.25, 0.3) is 0 Å². The zero-order valence-corrected chi connectivity index (χ0v) is 8.10. The van der Waals surface area contributed by atoms with E-state index in [-0.39, 0.29) is 6.42 Å². The second-order valence-corrected chi connectivity index (χ2v) is 3.47. The second-order valence-electron chi connectivity index (χ2n) is 3.47. The number of carboxylic acid groups (broad SMARTS) is 1. The summed E-state index contributed by atoms with van der Waals surface area (Å²) in [6.07, 6.45) is 0.0429. The topological polar surface area (TPSA) is 63.3 Å². The minimum Gasteiger partial charge on any atom is -0.481 e. The Bertz CT molecular complexity index is 520. The zero-order chi connectivity index (χ0) is 10.8. The maximum atomic E-state index is 10.7. The summed E-state index contributed by atoms with van der Waals surface area (Å²) in [5.41, 5.74) is 7.17. The lowest BCUT2D eigenvalue weighted by atomic mass is 10.0. The predicted octanol–water partition coefficient (Wildman–Crippen LogP) is 2.05. The number of carboxylic acids is 1. The van der Waals surface area contributed by atoms with Gasteiger partial charge >= 0.3 is 5.97 Å². The fraction of sp³-hybridized carbons (Fsp3) is 0.0833. The fourth-order valence-corrected chi connectivity index (χ4v) is 1.69. The third-order valence-electron chi connectivity index (χ3n) is 2.34. The van der Waals surface area contributed by atoms with Crippen molar-refractivity contribution in [3.05, 3.63) is 42.0 Å². The highest BCUT2D eigenvalue weighted by molar-refractivity contribution is 5.90. The fourth-order valence-electron chi connectivity index (χ4n) is 1.69. The molecule has 0 aromatic heterocycles. The first-order valence-electron chi connectivity index (χ1n) is 4.66. The van der Waals surface area contributed by atoms with Crippen LogP contribution in [0.5, 0.6) is 0 Å². The highest BCUT2D eigenvalue weighted by Gasteiger charge is 2.04. The third-order valence-corrected chi connectivity index (χ3v) is 2.34. The molecule has 3 heteroatoms. The summed E-state index contributed by atoms with van der Waals surface area (Å²) in [7, 11) is 0. The van der Waals surface area contributed by atoms with E-state index in [2.05, 4.69) is 0 Å². The number of fused-ring (bicyclic) bond motifs is 1. The van der Waals surface area contributed by atoms with Crippen molar-refractivity contribution in [2.75, 3.05) is 5.73 Å². The number of benzene rings is 2. The van der Waals surface area contributed by atoms with E-state index in [0.717, 1.165) is 16.3 Å². The highest BCUT2D eigenvalue weighted by atomic mass is 16.4. The standard InChI is InChI=1S/C12H11NO2/c13-10-4-5-11-8(6-10)2-1-3-9(11)7-12(14)15/h1-6H,7,13H2,(H,14,15). The van der Waals surface area contributed by atoms with E-state index < -0.39 is 5.97 Å². The summed E-state index contributed by atoms with van der Waals surface area (Å²) >= 11 is 0. The first-order valence-corrected chi connectivity index (χ1v) is 4.66. The first-order chi connectivity index (χ1) is 7.16. The molecule has 0 atom stereocenters. The van der Waals surface area contributed by atoms with Gasteiger partial charge in [-0.3, -0.25) is 4.79 Å². The van der Waals surface area contributed by atoms with Crippen LogP contribution < -0.4 is 5.73 Å². The number of hydrogen-bond acceptors (Lipinski definition) is 2. The summed E-state index contributed by atoms with van der Waals surface area (Å²) in [6.45, 7) is 0. The predicted molar refractivity (Wildman–Crippen MR) is 59.7 cm³/mol. The third kappa shape index (κ3) is 1.91. The molecule has 0 heterocycles. The summed E-state index contributed by atoms with van der Waals surface area (Å²) in [4.78, 5) is 10.7. The number of nitrogen functional groups attached to an aromatic ring is 1. The van der Waals surface area contributed by atoms with Crippen LogP contribution in [0.3, 0.4) is 0 Å². The van der Waals surface area contributed by atoms with Gasteiger partial charge in [-0.2, -0.15) is 0 Å². The van der Waals surface area contributed by atoms with Crippen molar-refractivity contribution < 1.29 is 9.90 Å². The molecule has 0 saturated heterocycles. The van der Waals surface area contributed by atoms with E-state index in [1.54, 1.807) is 6.07 Å². The van der Waals surface area contributed by atoms with Gasteiger partial charge in [0.2, 0.25) is 0 Å². The molecule has 3 nitrogen and oxygen atoms in total. The largest absolute Gasteiger partial charge is 0.481 e. The van der Waals surface area contributed by atoms with Gasteiger partial charge in [0.15, 0.2) is 0 Å². The maximum Gasteiger partial charge on any atom is 0.307 e. The van der Waals surface area contributed by atoms with Gasteiger partial charge in [-0.25, -0.2) is 0 Å². The van der Waals surface area contributed by atoms with E-state index in [4.69, 9.17) is 10.8 Å². The van der Waals surface area contributed by atoms with Gasteiger partial charge in [0, 0.05) is 5.69 Å². The van der Waals surface area contributed by atoms with Gasteiger partial charge in [0.05, 0.1) is 6.42 Å². The van der Waals surface area contributed by atoms with Gasteiger partial charge < -0.3 is 10.8 Å². The van der Waals surface area contributed by atoms with E-state index in [1.807, 2.05) is 30.3 Å². The molecule has 0 saturated carbocycles. The molecule has 2 aromatic rings. The molecular formula is C12H11NO2. The van der Waals surface area contributed by atoms with Crippen LogP contribution in [-0.4, -0.2) is 11.1 Å². The Kier molecular flexibility index (Phi) is 2.29. The second kappa shape index (κ2) is 3.61. The van der Waals surface area contributed by atoms with E-state index in [0.29, 0.717) is 5.69 Å². The quantitative estimate of drug-likeness (QED) is 0.731. The molecule has 0 aliphatic heterocycles. The molecule has 2 aromatic carbocycles. The van der Waals surface area contributed by atoms with Crippen LogP contribution in [0.15, 0.2) is 36.4 Å². The molecule has 0 bridgehead atoms. The van der Waals surface area contributed by atoms with E-state index in [9.17, 15) is 4.79 Å². The Balaban J connectivity index is 2.60. The van der Waals surface area contributed by atoms with Crippen molar-refractivity contribution in [2.24, 2.45) is 0 Å². The van der Waals surface area contributed by atoms with Crippen LogP contribution in [0.4, 0.5) is 5.69 Å². The molecule has 15 heavy (non-hydrogen) atoms. The lowest BCUT2D eigenvalue weighted by molar-refractivity contribution is -0.136. The van der Waals surface area contributed by atoms with Crippen LogP contribution in [0, 0.1) is 0 Å². The van der Waals surface area contributed by atoms with Crippen molar-refractivity contribution in [2.45, 2.75) is 6.42 Å². The Morgan fingerprint density at radius 3 is 2.80 bits per heavy atom. The van der Waals surface area contributed by atoms with Crippen molar-refractivity contribution in [1.29, 1.82) is 0 Å². The van der Waals surface area contributed by atoms with E-state index in [1.165, 1.54) is 0 Å². The van der Waals surface area contributed by atoms with Crippen molar-refractivity contribution in [1.82, 2.24) is 0 Å². The van der Waals surface area contributed by atoms with Gasteiger partial charge in [-0.1, -0.05) is 24.3 Å². The van der Waals surface area contributed by atoms with Crippen LogP contribution in [0.25, 0.3) is 10.8 Å². The Hall–Kier alpha value is -2.03. The lowest BCUT2D eigenvalue weighted by Gasteiger charge is -2.04. The minimum atomic E-state index is -0.820. The number of carbonyl (C=O) groups is 1. The van der Waals surface area contributed by atoms with Crippen molar-refractivity contribution in [3.63, 3.8) is 0 Å². The van der Waals surface area contributed by atoms with Gasteiger partial charge in [-0.05, 0) is 28.5 Å². The summed E-state index contributed by atoms with van der Waals surface area (Å²) in [5.74, 6) is -0.820. The molecule has 0 aliphatic carbocycles. The summed E-state index contributed by atoms with van der Waals surface area (Å²) < 4.78 is 0. The molecule has 0 amide bonds. The summed E-state index contributed by atoms with van der Waals surface area (Å²) in [6, 6.07) is 11.1. The number of aliphatic carboxylic acids is 1. The van der Waals surface area contributed by atoms with E-state index >= 15 is 0 Å². The Morgan fingerprint density at radius 1 is 1.27 bits per heavy atom. The number of rotatable bonds is 2. The summed E-state index contributed by atoms with van der Waals surface area (Å²) in [5, 5.41) is 10.7. The average molecular weight is 201 g/mol. The van der Waals surface area contributed by atoms with Crippen LogP contribution in [0.1, 0.15) is 5.56 Å². The number of hydrogen-bond donors (Lipinski definition) is 2. The lowest BCUT2D eigenvalue weighted by Crippen LogP contribution is -2.00. The zero-order valence-electron chi connectivity index (χ0n) is 8.10. The van der Waals surface area contributed by atoms with Gasteiger partial charge in [-0.15, -0.1) is 0 Å². The smallest absolute Gasteiger partial charge is 0.307 e. The molecule has 0 unspecified atom stereocenters. The molecule has 0 fully saturated rings. The Morgan fingerprint density at radius 2 is 2.07 bits per heavy atom. The Labute approximate surface area is 87.1 Å². The normalized spacial score (nSPS) is 10.4. The monoisotopic (exact) mass is 201 g/mol.